The van der Waals surface area contributed by atoms with Crippen LogP contribution in [-0.4, -0.2) is 21.0 Å². The average molecular weight is 285 g/mol. The molecule has 5 nitrogen and oxygen atoms in total. The molecule has 2 heterocycles. The molecule has 2 N–H and O–H groups in total. The Bertz CT molecular complexity index is 764. The molecule has 3 rings (SSSR count). The minimum Gasteiger partial charge on any atom is -0.476 e. The smallest absolute Gasteiger partial charge is 0.357 e. The molecule has 0 saturated heterocycles. The van der Waals surface area contributed by atoms with Crippen LogP contribution in [0.25, 0.3) is 10.9 Å². The van der Waals surface area contributed by atoms with E-state index in [2.05, 4.69) is 15.3 Å². The molecule has 0 fully saturated rings. The highest BCUT2D eigenvalue weighted by Gasteiger charge is 2.13. The van der Waals surface area contributed by atoms with E-state index in [9.17, 15) is 4.79 Å². The molecule has 0 bridgehead atoms. The van der Waals surface area contributed by atoms with E-state index < -0.39 is 5.97 Å². The SMILES string of the molecule is O=C(O)c1ncsc1NCc1cccc2cccnc12. The highest BCUT2D eigenvalue weighted by Crippen LogP contribution is 2.22. The van der Waals surface area contributed by atoms with Crippen molar-refractivity contribution in [2.75, 3.05) is 5.32 Å². The van der Waals surface area contributed by atoms with E-state index in [0.29, 0.717) is 11.5 Å². The van der Waals surface area contributed by atoms with Crippen molar-refractivity contribution >= 4 is 33.2 Å². The Labute approximate surface area is 118 Å². The third kappa shape index (κ3) is 2.33. The van der Waals surface area contributed by atoms with E-state index in [1.54, 1.807) is 6.20 Å². The molecule has 2 aromatic heterocycles. The van der Waals surface area contributed by atoms with Gasteiger partial charge in [-0.15, -0.1) is 11.3 Å². The first kappa shape index (κ1) is 12.6. The van der Waals surface area contributed by atoms with Gasteiger partial charge in [0.2, 0.25) is 0 Å². The fourth-order valence-corrected chi connectivity index (χ4v) is 2.68. The molecule has 3 aromatic rings. The van der Waals surface area contributed by atoms with E-state index in [1.807, 2.05) is 30.3 Å². The molecule has 20 heavy (non-hydrogen) atoms. The fraction of sp³-hybridized carbons (Fsp3) is 0.0714. The molecule has 0 aliphatic carbocycles. The summed E-state index contributed by atoms with van der Waals surface area (Å²) in [7, 11) is 0. The van der Waals surface area contributed by atoms with E-state index in [4.69, 9.17) is 5.11 Å². The third-order valence-corrected chi connectivity index (χ3v) is 3.71. The molecule has 0 amide bonds. The number of rotatable bonds is 4. The number of fused-ring (bicyclic) bond motifs is 1. The van der Waals surface area contributed by atoms with Crippen LogP contribution in [0.1, 0.15) is 16.1 Å². The molecule has 0 aliphatic heterocycles. The van der Waals surface area contributed by atoms with E-state index in [0.717, 1.165) is 16.5 Å². The summed E-state index contributed by atoms with van der Waals surface area (Å²) >= 11 is 1.28. The minimum atomic E-state index is -1.02. The standard InChI is InChI=1S/C14H11N3O2S/c18-14(19)12-13(20-8-17-12)16-7-10-4-1-3-9-5-2-6-15-11(9)10/h1-6,8,16H,7H2,(H,18,19). The summed E-state index contributed by atoms with van der Waals surface area (Å²) in [5, 5.41) is 13.8. The molecule has 0 radical (unpaired) electrons. The first-order valence-corrected chi connectivity index (χ1v) is 6.87. The lowest BCUT2D eigenvalue weighted by molar-refractivity contribution is 0.0692. The van der Waals surface area contributed by atoms with Crippen LogP contribution in [0.2, 0.25) is 0 Å². The lowest BCUT2D eigenvalue weighted by atomic mass is 10.1. The molecular weight excluding hydrogens is 274 g/mol. The van der Waals surface area contributed by atoms with Crippen molar-refractivity contribution in [2.24, 2.45) is 0 Å². The van der Waals surface area contributed by atoms with Gasteiger partial charge in [-0.1, -0.05) is 24.3 Å². The van der Waals surface area contributed by atoms with Gasteiger partial charge in [0.25, 0.3) is 0 Å². The van der Waals surface area contributed by atoms with Gasteiger partial charge in [-0.25, -0.2) is 9.78 Å². The summed E-state index contributed by atoms with van der Waals surface area (Å²) in [6, 6.07) is 9.84. The summed E-state index contributed by atoms with van der Waals surface area (Å²) in [4.78, 5) is 19.2. The van der Waals surface area contributed by atoms with Gasteiger partial charge in [-0.05, 0) is 11.6 Å². The number of para-hydroxylation sites is 1. The number of aromatic nitrogens is 2. The zero-order chi connectivity index (χ0) is 13.9. The maximum atomic E-state index is 11.0. The fourth-order valence-electron chi connectivity index (χ4n) is 2.01. The first-order valence-electron chi connectivity index (χ1n) is 5.99. The van der Waals surface area contributed by atoms with Crippen LogP contribution in [0.15, 0.2) is 42.0 Å². The summed E-state index contributed by atoms with van der Waals surface area (Å²) in [5.74, 6) is -1.02. The first-order chi connectivity index (χ1) is 9.75. The summed E-state index contributed by atoms with van der Waals surface area (Å²) in [6.07, 6.45) is 1.75. The van der Waals surface area contributed by atoms with Crippen molar-refractivity contribution in [3.63, 3.8) is 0 Å². The number of pyridine rings is 1. The van der Waals surface area contributed by atoms with E-state index in [1.165, 1.54) is 16.8 Å². The third-order valence-electron chi connectivity index (χ3n) is 2.93. The van der Waals surface area contributed by atoms with Gasteiger partial charge in [0.15, 0.2) is 5.69 Å². The number of benzene rings is 1. The van der Waals surface area contributed by atoms with Crippen LogP contribution in [0.5, 0.6) is 0 Å². The lowest BCUT2D eigenvalue weighted by Gasteiger charge is -2.07. The zero-order valence-corrected chi connectivity index (χ0v) is 11.2. The van der Waals surface area contributed by atoms with E-state index in [-0.39, 0.29) is 5.69 Å². The van der Waals surface area contributed by atoms with Crippen molar-refractivity contribution in [1.29, 1.82) is 0 Å². The Kier molecular flexibility index (Phi) is 3.30. The van der Waals surface area contributed by atoms with E-state index >= 15 is 0 Å². The number of aromatic carboxylic acids is 1. The molecule has 0 saturated carbocycles. The Morgan fingerprint density at radius 2 is 2.10 bits per heavy atom. The van der Waals surface area contributed by atoms with Crippen LogP contribution in [0, 0.1) is 0 Å². The Morgan fingerprint density at radius 1 is 1.25 bits per heavy atom. The van der Waals surface area contributed by atoms with Gasteiger partial charge < -0.3 is 10.4 Å². The van der Waals surface area contributed by atoms with Gasteiger partial charge >= 0.3 is 5.97 Å². The second kappa shape index (κ2) is 5.26. The minimum absolute atomic E-state index is 0.0585. The number of hydrogen-bond acceptors (Lipinski definition) is 5. The quantitative estimate of drug-likeness (QED) is 0.770. The molecule has 0 spiro atoms. The summed E-state index contributed by atoms with van der Waals surface area (Å²) in [5.41, 5.74) is 3.52. The highest BCUT2D eigenvalue weighted by molar-refractivity contribution is 7.14. The average Bonchev–Trinajstić information content (AvgIpc) is 2.93. The topological polar surface area (TPSA) is 75.1 Å². The van der Waals surface area contributed by atoms with Crippen LogP contribution in [-0.2, 0) is 6.54 Å². The molecule has 6 heteroatoms. The number of thiazole rings is 1. The van der Waals surface area contributed by atoms with Crippen LogP contribution >= 0.6 is 11.3 Å². The second-order valence-electron chi connectivity index (χ2n) is 4.18. The van der Waals surface area contributed by atoms with Crippen molar-refractivity contribution < 1.29 is 9.90 Å². The molecule has 0 aliphatic rings. The number of carboxylic acid groups (broad SMARTS) is 1. The Hall–Kier alpha value is -2.47. The number of hydrogen-bond donors (Lipinski definition) is 2. The molecule has 0 atom stereocenters. The van der Waals surface area contributed by atoms with Gasteiger partial charge in [0.05, 0.1) is 11.0 Å². The molecule has 100 valence electrons. The highest BCUT2D eigenvalue weighted by atomic mass is 32.1. The number of anilines is 1. The monoisotopic (exact) mass is 285 g/mol. The van der Waals surface area contributed by atoms with Crippen molar-refractivity contribution in [1.82, 2.24) is 9.97 Å². The van der Waals surface area contributed by atoms with Crippen molar-refractivity contribution in [3.05, 3.63) is 53.3 Å². The zero-order valence-electron chi connectivity index (χ0n) is 10.4. The van der Waals surface area contributed by atoms with Crippen LogP contribution in [0.3, 0.4) is 0 Å². The van der Waals surface area contributed by atoms with Crippen molar-refractivity contribution in [2.45, 2.75) is 6.54 Å². The van der Waals surface area contributed by atoms with Gasteiger partial charge in [-0.2, -0.15) is 0 Å². The lowest BCUT2D eigenvalue weighted by Crippen LogP contribution is -2.05. The number of carbonyl (C=O) groups is 1. The summed E-state index contributed by atoms with van der Waals surface area (Å²) in [6.45, 7) is 0.511. The Balaban J connectivity index is 1.87. The normalized spacial score (nSPS) is 10.6. The maximum absolute atomic E-state index is 11.0. The van der Waals surface area contributed by atoms with Crippen molar-refractivity contribution in [3.8, 4) is 0 Å². The summed E-state index contributed by atoms with van der Waals surface area (Å²) < 4.78 is 0. The van der Waals surface area contributed by atoms with Gasteiger partial charge in [0.1, 0.15) is 5.00 Å². The predicted octanol–water partition coefficient (Wildman–Crippen LogP) is 3.00. The van der Waals surface area contributed by atoms with Crippen LogP contribution < -0.4 is 5.32 Å². The Morgan fingerprint density at radius 3 is 2.95 bits per heavy atom. The molecule has 0 unspecified atom stereocenters. The number of carboxylic acids is 1. The van der Waals surface area contributed by atoms with Gasteiger partial charge in [0, 0.05) is 18.1 Å². The largest absolute Gasteiger partial charge is 0.476 e. The number of nitrogens with zero attached hydrogens (tertiary/aromatic N) is 2. The van der Waals surface area contributed by atoms with Crippen LogP contribution in [0.4, 0.5) is 5.00 Å². The predicted molar refractivity (Wildman–Crippen MR) is 78.1 cm³/mol. The number of nitrogens with one attached hydrogen (secondary N) is 1. The maximum Gasteiger partial charge on any atom is 0.357 e. The van der Waals surface area contributed by atoms with Gasteiger partial charge in [-0.3, -0.25) is 4.98 Å². The molecule has 1 aromatic carbocycles. The molecular formula is C14H11N3O2S. The second-order valence-corrected chi connectivity index (χ2v) is 5.04.